The zero-order valence-electron chi connectivity index (χ0n) is 16.1. The van der Waals surface area contributed by atoms with Gasteiger partial charge in [-0.3, -0.25) is 9.59 Å². The van der Waals surface area contributed by atoms with Crippen molar-refractivity contribution in [3.63, 3.8) is 0 Å². The molecule has 1 saturated heterocycles. The van der Waals surface area contributed by atoms with E-state index in [-0.39, 0.29) is 11.8 Å². The predicted octanol–water partition coefficient (Wildman–Crippen LogP) is 3.17. The normalized spacial score (nSPS) is 16.9. The maximum Gasteiger partial charge on any atom is 0.237 e. The van der Waals surface area contributed by atoms with Crippen molar-refractivity contribution in [3.05, 3.63) is 54.1 Å². The van der Waals surface area contributed by atoms with E-state index in [1.165, 1.54) is 11.3 Å². The van der Waals surface area contributed by atoms with Crippen LogP contribution in [0.15, 0.2) is 53.4 Å². The molecule has 28 heavy (non-hydrogen) atoms. The largest absolute Gasteiger partial charge is 0.368 e. The molecule has 2 heterocycles. The summed E-state index contributed by atoms with van der Waals surface area (Å²) in [6.45, 7) is 5.73. The summed E-state index contributed by atoms with van der Waals surface area (Å²) in [7, 11) is 0. The number of fused-ring (bicyclic) bond motifs is 1. The first-order valence-corrected chi connectivity index (χ1v) is 10.7. The van der Waals surface area contributed by atoms with Crippen LogP contribution in [0, 0.1) is 6.92 Å². The van der Waals surface area contributed by atoms with E-state index in [4.69, 9.17) is 0 Å². The van der Waals surface area contributed by atoms with Gasteiger partial charge in [0.2, 0.25) is 11.8 Å². The molecule has 0 radical (unpaired) electrons. The summed E-state index contributed by atoms with van der Waals surface area (Å²) in [5.41, 5.74) is 3.45. The lowest BCUT2D eigenvalue weighted by atomic mass is 10.1. The fourth-order valence-corrected chi connectivity index (χ4v) is 4.82. The number of anilines is 2. The lowest BCUT2D eigenvalue weighted by Gasteiger charge is -2.37. The number of rotatable bonds is 4. The number of carbonyl (C=O) groups is 2. The number of para-hydroxylation sites is 2. The van der Waals surface area contributed by atoms with Gasteiger partial charge in [-0.25, -0.2) is 0 Å². The number of piperazine rings is 1. The van der Waals surface area contributed by atoms with E-state index in [2.05, 4.69) is 36.1 Å². The number of thioether (sulfide) groups is 1. The Kier molecular flexibility index (Phi) is 5.57. The molecule has 1 fully saturated rings. The van der Waals surface area contributed by atoms with Crippen LogP contribution < -0.4 is 9.80 Å². The molecule has 0 spiro atoms. The predicted molar refractivity (Wildman–Crippen MR) is 114 cm³/mol. The number of hydrogen-bond donors (Lipinski definition) is 0. The molecule has 5 nitrogen and oxygen atoms in total. The molecule has 4 rings (SSSR count). The Morgan fingerprint density at radius 2 is 1.64 bits per heavy atom. The van der Waals surface area contributed by atoms with E-state index in [1.54, 1.807) is 16.7 Å². The highest BCUT2D eigenvalue weighted by Gasteiger charge is 2.27. The van der Waals surface area contributed by atoms with E-state index >= 15 is 0 Å². The quantitative estimate of drug-likeness (QED) is 0.798. The first kappa shape index (κ1) is 18.9. The lowest BCUT2D eigenvalue weighted by Crippen LogP contribution is -2.49. The van der Waals surface area contributed by atoms with Crippen molar-refractivity contribution in [2.75, 3.05) is 48.3 Å². The Balaban J connectivity index is 1.33. The SMILES string of the molecule is Cc1ccccc1N1CCN(C(=O)CCN2C(=O)CSc3ccccc32)CC1. The minimum Gasteiger partial charge on any atom is -0.368 e. The van der Waals surface area contributed by atoms with Crippen molar-refractivity contribution >= 4 is 35.0 Å². The van der Waals surface area contributed by atoms with Gasteiger partial charge in [-0.05, 0) is 30.7 Å². The molecule has 0 bridgehead atoms. The Morgan fingerprint density at radius 1 is 0.964 bits per heavy atom. The molecule has 2 aromatic carbocycles. The van der Waals surface area contributed by atoms with Gasteiger partial charge in [0.25, 0.3) is 0 Å². The van der Waals surface area contributed by atoms with E-state index in [9.17, 15) is 9.59 Å². The van der Waals surface area contributed by atoms with Crippen LogP contribution >= 0.6 is 11.8 Å². The van der Waals surface area contributed by atoms with Gasteiger partial charge in [0, 0.05) is 49.7 Å². The molecule has 0 aliphatic carbocycles. The second-order valence-corrected chi connectivity index (χ2v) is 8.22. The van der Waals surface area contributed by atoms with E-state index in [0.29, 0.717) is 18.7 Å². The van der Waals surface area contributed by atoms with Gasteiger partial charge in [0.15, 0.2) is 0 Å². The van der Waals surface area contributed by atoms with Crippen LogP contribution in [0.2, 0.25) is 0 Å². The van der Waals surface area contributed by atoms with Crippen LogP contribution in [0.1, 0.15) is 12.0 Å². The van der Waals surface area contributed by atoms with Gasteiger partial charge in [-0.15, -0.1) is 11.8 Å². The third-order valence-corrected chi connectivity index (χ3v) is 6.49. The Morgan fingerprint density at radius 3 is 2.39 bits per heavy atom. The Hall–Kier alpha value is -2.47. The summed E-state index contributed by atoms with van der Waals surface area (Å²) in [5.74, 6) is 0.661. The summed E-state index contributed by atoms with van der Waals surface area (Å²) in [6.07, 6.45) is 0.370. The highest BCUT2D eigenvalue weighted by Crippen LogP contribution is 2.35. The maximum atomic E-state index is 12.7. The number of carbonyl (C=O) groups excluding carboxylic acids is 2. The van der Waals surface area contributed by atoms with Gasteiger partial charge < -0.3 is 14.7 Å². The van der Waals surface area contributed by atoms with Gasteiger partial charge in [0.1, 0.15) is 0 Å². The molecular formula is C22H25N3O2S. The molecule has 6 heteroatoms. The molecule has 2 aromatic rings. The zero-order chi connectivity index (χ0) is 19.5. The van der Waals surface area contributed by atoms with Gasteiger partial charge in [0.05, 0.1) is 11.4 Å². The average molecular weight is 396 g/mol. The molecule has 2 aliphatic rings. The van der Waals surface area contributed by atoms with Crippen LogP contribution in [-0.2, 0) is 9.59 Å². The molecule has 0 unspecified atom stereocenters. The highest BCUT2D eigenvalue weighted by atomic mass is 32.2. The van der Waals surface area contributed by atoms with Crippen molar-refractivity contribution in [3.8, 4) is 0 Å². The minimum atomic E-state index is 0.0841. The molecule has 2 aliphatic heterocycles. The minimum absolute atomic E-state index is 0.0841. The molecule has 146 valence electrons. The zero-order valence-corrected chi connectivity index (χ0v) is 17.0. The van der Waals surface area contributed by atoms with Crippen molar-refractivity contribution in [1.82, 2.24) is 4.90 Å². The highest BCUT2D eigenvalue weighted by molar-refractivity contribution is 8.00. The molecule has 0 aromatic heterocycles. The monoisotopic (exact) mass is 395 g/mol. The molecular weight excluding hydrogens is 370 g/mol. The topological polar surface area (TPSA) is 43.9 Å². The number of amides is 2. The smallest absolute Gasteiger partial charge is 0.237 e. The van der Waals surface area contributed by atoms with Crippen LogP contribution in [-0.4, -0.2) is 55.2 Å². The van der Waals surface area contributed by atoms with Crippen LogP contribution in [0.3, 0.4) is 0 Å². The Labute approximate surface area is 170 Å². The summed E-state index contributed by atoms with van der Waals surface area (Å²) >= 11 is 1.57. The van der Waals surface area contributed by atoms with Gasteiger partial charge in [-0.1, -0.05) is 30.3 Å². The number of hydrogen-bond acceptors (Lipinski definition) is 4. The number of benzene rings is 2. The van der Waals surface area contributed by atoms with Crippen molar-refractivity contribution in [2.24, 2.45) is 0 Å². The molecule has 0 saturated carbocycles. The average Bonchev–Trinajstić information content (AvgIpc) is 2.73. The summed E-state index contributed by atoms with van der Waals surface area (Å²) in [6, 6.07) is 16.3. The fourth-order valence-electron chi connectivity index (χ4n) is 3.88. The van der Waals surface area contributed by atoms with E-state index in [1.807, 2.05) is 29.2 Å². The number of nitrogens with zero attached hydrogens (tertiary/aromatic N) is 3. The first-order chi connectivity index (χ1) is 13.6. The van der Waals surface area contributed by atoms with Crippen LogP contribution in [0.25, 0.3) is 0 Å². The van der Waals surface area contributed by atoms with Crippen LogP contribution in [0.5, 0.6) is 0 Å². The van der Waals surface area contributed by atoms with Gasteiger partial charge >= 0.3 is 0 Å². The summed E-state index contributed by atoms with van der Waals surface area (Å²) < 4.78 is 0. The summed E-state index contributed by atoms with van der Waals surface area (Å²) in [5, 5.41) is 0. The van der Waals surface area contributed by atoms with Crippen molar-refractivity contribution < 1.29 is 9.59 Å². The maximum absolute atomic E-state index is 12.7. The second kappa shape index (κ2) is 8.27. The Bertz CT molecular complexity index is 878. The van der Waals surface area contributed by atoms with Crippen LogP contribution in [0.4, 0.5) is 11.4 Å². The van der Waals surface area contributed by atoms with E-state index < -0.39 is 0 Å². The second-order valence-electron chi connectivity index (χ2n) is 7.21. The first-order valence-electron chi connectivity index (χ1n) is 9.74. The summed E-state index contributed by atoms with van der Waals surface area (Å²) in [4.78, 5) is 32.3. The third-order valence-electron chi connectivity index (χ3n) is 5.45. The molecule has 0 atom stereocenters. The van der Waals surface area contributed by atoms with Crippen molar-refractivity contribution in [1.29, 1.82) is 0 Å². The van der Waals surface area contributed by atoms with E-state index in [0.717, 1.165) is 36.8 Å². The van der Waals surface area contributed by atoms with Crippen molar-refractivity contribution in [2.45, 2.75) is 18.2 Å². The fraction of sp³-hybridized carbons (Fsp3) is 0.364. The van der Waals surface area contributed by atoms with Gasteiger partial charge in [-0.2, -0.15) is 0 Å². The molecule has 2 amide bonds. The lowest BCUT2D eigenvalue weighted by molar-refractivity contribution is -0.131. The standard InChI is InChI=1S/C22H25N3O2S/c1-17-6-2-3-7-18(17)23-12-14-24(15-13-23)21(26)10-11-25-19-8-4-5-9-20(19)28-16-22(25)27/h2-9H,10-16H2,1H3. The third kappa shape index (κ3) is 3.87. The number of aryl methyl sites for hydroxylation is 1. The molecule has 0 N–H and O–H groups in total.